The molecule has 2 heterocycles. The molecule has 0 unspecified atom stereocenters. The Morgan fingerprint density at radius 2 is 1.85 bits per heavy atom. The fourth-order valence-electron chi connectivity index (χ4n) is 5.31. The molecule has 10 nitrogen and oxygen atoms in total. The average molecular weight is 673 g/mol. The van der Waals surface area contributed by atoms with E-state index in [1.807, 2.05) is 39.8 Å². The summed E-state index contributed by atoms with van der Waals surface area (Å²) in [4.78, 5) is 24.6. The van der Waals surface area contributed by atoms with Gasteiger partial charge >= 0.3 is 6.09 Å². The smallest absolute Gasteiger partial charge is 0.414 e. The van der Waals surface area contributed by atoms with Gasteiger partial charge in [-0.2, -0.15) is 5.26 Å². The van der Waals surface area contributed by atoms with Crippen molar-refractivity contribution in [2.45, 2.75) is 91.1 Å². The molecule has 2 aromatic carbocycles. The van der Waals surface area contributed by atoms with Gasteiger partial charge in [0.05, 0.1) is 23.6 Å². The molecular formula is C37H52N6O4Si. The van der Waals surface area contributed by atoms with Crippen molar-refractivity contribution in [3.05, 3.63) is 64.8 Å². The Morgan fingerprint density at radius 3 is 2.50 bits per heavy atom. The van der Waals surface area contributed by atoms with Gasteiger partial charge in [-0.3, -0.25) is 4.90 Å². The molecule has 258 valence electrons. The van der Waals surface area contributed by atoms with Gasteiger partial charge in [0.15, 0.2) is 8.32 Å². The Balaban J connectivity index is 1.73. The molecule has 0 aliphatic carbocycles. The number of fused-ring (bicyclic) bond motifs is 1. The van der Waals surface area contributed by atoms with Gasteiger partial charge in [0, 0.05) is 56.2 Å². The third kappa shape index (κ3) is 8.60. The van der Waals surface area contributed by atoms with Gasteiger partial charge in [0.1, 0.15) is 11.7 Å². The number of ether oxygens (including phenoxy) is 2. The lowest BCUT2D eigenvalue weighted by Gasteiger charge is -2.39. The number of aryl methyl sites for hydroxylation is 1. The molecule has 1 aliphatic rings. The van der Waals surface area contributed by atoms with E-state index >= 15 is 0 Å². The Bertz CT molecular complexity index is 1670. The number of hydrogen-bond donors (Lipinski definition) is 2. The Morgan fingerprint density at radius 1 is 1.12 bits per heavy atom. The number of carbonyl (C=O) groups excluding carboxylic acids is 1. The number of hydrogen-bond acceptors (Lipinski definition) is 9. The highest BCUT2D eigenvalue weighted by molar-refractivity contribution is 6.74. The van der Waals surface area contributed by atoms with Crippen molar-refractivity contribution in [3.63, 3.8) is 0 Å². The number of amides is 1. The second-order valence-corrected chi connectivity index (χ2v) is 20.2. The molecule has 11 heteroatoms. The van der Waals surface area contributed by atoms with Crippen LogP contribution in [-0.2, 0) is 25.9 Å². The van der Waals surface area contributed by atoms with Gasteiger partial charge in [-0.1, -0.05) is 39.8 Å². The van der Waals surface area contributed by atoms with Crippen LogP contribution in [0.4, 0.5) is 22.1 Å². The third-order valence-corrected chi connectivity index (χ3v) is 13.6. The Labute approximate surface area is 287 Å². The summed E-state index contributed by atoms with van der Waals surface area (Å²) in [6.45, 7) is 23.6. The van der Waals surface area contributed by atoms with E-state index in [0.29, 0.717) is 49.2 Å². The summed E-state index contributed by atoms with van der Waals surface area (Å²) in [6, 6.07) is 14.3. The standard InChI is InChI=1S/C37H52N6O4Si/c1-25-12-13-26(22-39-16-17-45-9)18-31(25)42-33-40-15-14-30(41-33)27-19-28(21-38)32-29(20-27)37(8,24-46-48(10,11)36(5,6)7)23-43(32)34(44)47-35(2,3)4/h12-15,18-20,39H,16-17,22-24H2,1-11H3,(H,40,41,42)/t37-/m1/s1. The minimum absolute atomic E-state index is 0.0120. The van der Waals surface area contributed by atoms with Gasteiger partial charge < -0.3 is 24.5 Å². The minimum atomic E-state index is -2.13. The first-order chi connectivity index (χ1) is 22.4. The van der Waals surface area contributed by atoms with Crippen LogP contribution in [-0.4, -0.2) is 63.4 Å². The molecule has 0 bridgehead atoms. The zero-order chi connectivity index (χ0) is 35.5. The SMILES string of the molecule is COCCNCc1ccc(C)c(Nc2nccc(-c3cc(C#N)c4c(c3)[C@@](C)(CO[Si](C)(C)C(C)(C)C)CN4C(=O)OC(C)(C)C)n2)c1. The van der Waals surface area contributed by atoms with Crippen LogP contribution in [0.3, 0.4) is 0 Å². The second-order valence-electron chi connectivity index (χ2n) is 15.4. The first-order valence-corrected chi connectivity index (χ1v) is 19.4. The molecule has 1 atom stereocenters. The van der Waals surface area contributed by atoms with Crippen molar-refractivity contribution in [2.75, 3.05) is 43.6 Å². The van der Waals surface area contributed by atoms with Crippen LogP contribution < -0.4 is 15.5 Å². The number of carbonyl (C=O) groups is 1. The zero-order valence-corrected chi connectivity index (χ0v) is 31.5. The van der Waals surface area contributed by atoms with Crippen LogP contribution in [0.25, 0.3) is 11.3 Å². The molecule has 0 fully saturated rings. The number of aromatic nitrogens is 2. The number of rotatable bonds is 11. The molecule has 1 aromatic heterocycles. The molecule has 4 rings (SSSR count). The maximum absolute atomic E-state index is 13.6. The van der Waals surface area contributed by atoms with E-state index in [-0.39, 0.29) is 5.04 Å². The van der Waals surface area contributed by atoms with Crippen LogP contribution >= 0.6 is 0 Å². The van der Waals surface area contributed by atoms with E-state index in [9.17, 15) is 10.1 Å². The van der Waals surface area contributed by atoms with Crippen molar-refractivity contribution in [1.82, 2.24) is 15.3 Å². The van der Waals surface area contributed by atoms with Crippen molar-refractivity contribution < 1.29 is 18.7 Å². The number of nitrogens with zero attached hydrogens (tertiary/aromatic N) is 4. The number of methoxy groups -OCH3 is 1. The fourth-order valence-corrected chi connectivity index (χ4v) is 6.42. The number of benzene rings is 2. The molecule has 0 radical (unpaired) electrons. The summed E-state index contributed by atoms with van der Waals surface area (Å²) in [5.41, 5.74) is 5.04. The van der Waals surface area contributed by atoms with E-state index in [1.165, 1.54) is 0 Å². The zero-order valence-electron chi connectivity index (χ0n) is 30.5. The Hall–Kier alpha value is -3.82. The van der Waals surface area contributed by atoms with E-state index in [2.05, 4.69) is 80.7 Å². The van der Waals surface area contributed by atoms with E-state index < -0.39 is 25.4 Å². The molecule has 0 saturated heterocycles. The van der Waals surface area contributed by atoms with Crippen LogP contribution in [0.5, 0.6) is 0 Å². The van der Waals surface area contributed by atoms with Crippen molar-refractivity contribution >= 4 is 31.7 Å². The molecule has 0 saturated carbocycles. The molecular weight excluding hydrogens is 621 g/mol. The maximum atomic E-state index is 13.6. The van der Waals surface area contributed by atoms with Gasteiger partial charge in [0.25, 0.3) is 0 Å². The highest BCUT2D eigenvalue weighted by atomic mass is 28.4. The molecule has 3 aromatic rings. The summed E-state index contributed by atoms with van der Waals surface area (Å²) in [5, 5.41) is 17.2. The first kappa shape index (κ1) is 37.0. The van der Waals surface area contributed by atoms with E-state index in [0.717, 1.165) is 34.5 Å². The van der Waals surface area contributed by atoms with Crippen LogP contribution in [0.2, 0.25) is 18.1 Å². The maximum Gasteiger partial charge on any atom is 0.414 e. The quantitative estimate of drug-likeness (QED) is 0.155. The summed E-state index contributed by atoms with van der Waals surface area (Å²) in [5.74, 6) is 0.443. The second kappa shape index (κ2) is 14.3. The Kier molecular flexibility index (Phi) is 11.1. The molecule has 2 N–H and O–H groups in total. The fraction of sp³-hybridized carbons (Fsp3) is 0.514. The van der Waals surface area contributed by atoms with Crippen LogP contribution in [0.15, 0.2) is 42.6 Å². The normalized spacial score (nSPS) is 16.4. The van der Waals surface area contributed by atoms with Crippen molar-refractivity contribution in [1.29, 1.82) is 5.26 Å². The van der Waals surface area contributed by atoms with Gasteiger partial charge in [-0.15, -0.1) is 0 Å². The number of anilines is 3. The monoisotopic (exact) mass is 672 g/mol. The number of nitrogens with one attached hydrogen (secondary N) is 2. The predicted octanol–water partition coefficient (Wildman–Crippen LogP) is 7.84. The molecule has 0 spiro atoms. The highest BCUT2D eigenvalue weighted by Gasteiger charge is 2.47. The lowest BCUT2D eigenvalue weighted by atomic mass is 9.83. The van der Waals surface area contributed by atoms with Crippen LogP contribution in [0.1, 0.15) is 70.7 Å². The van der Waals surface area contributed by atoms with Crippen LogP contribution in [0, 0.1) is 18.3 Å². The third-order valence-electron chi connectivity index (χ3n) is 9.14. The largest absolute Gasteiger partial charge is 0.443 e. The first-order valence-electron chi connectivity index (χ1n) is 16.5. The minimum Gasteiger partial charge on any atom is -0.443 e. The summed E-state index contributed by atoms with van der Waals surface area (Å²) in [7, 11) is -0.441. The highest BCUT2D eigenvalue weighted by Crippen LogP contribution is 2.47. The summed E-state index contributed by atoms with van der Waals surface area (Å²) >= 11 is 0. The lowest BCUT2D eigenvalue weighted by Crippen LogP contribution is -2.46. The summed E-state index contributed by atoms with van der Waals surface area (Å²) < 4.78 is 17.7. The summed E-state index contributed by atoms with van der Waals surface area (Å²) in [6.07, 6.45) is 1.23. The van der Waals surface area contributed by atoms with E-state index in [4.69, 9.17) is 18.9 Å². The van der Waals surface area contributed by atoms with Gasteiger partial charge in [0.2, 0.25) is 5.95 Å². The molecule has 1 amide bonds. The topological polar surface area (TPSA) is 122 Å². The average Bonchev–Trinajstić information content (AvgIpc) is 3.31. The van der Waals surface area contributed by atoms with Gasteiger partial charge in [-0.25, -0.2) is 14.8 Å². The molecule has 1 aliphatic heterocycles. The lowest BCUT2D eigenvalue weighted by molar-refractivity contribution is 0.0575. The van der Waals surface area contributed by atoms with E-state index in [1.54, 1.807) is 24.3 Å². The predicted molar refractivity (Wildman–Crippen MR) is 194 cm³/mol. The van der Waals surface area contributed by atoms with Crippen molar-refractivity contribution in [2.24, 2.45) is 0 Å². The van der Waals surface area contributed by atoms with Crippen molar-refractivity contribution in [3.8, 4) is 17.3 Å². The number of nitriles is 1. The molecule has 48 heavy (non-hydrogen) atoms. The van der Waals surface area contributed by atoms with Gasteiger partial charge in [-0.05, 0) is 86.8 Å².